The molecule has 0 fully saturated rings. The van der Waals surface area contributed by atoms with Gasteiger partial charge in [0.05, 0.1) is 6.61 Å². The van der Waals surface area contributed by atoms with Crippen molar-refractivity contribution in [3.8, 4) is 6.07 Å². The number of carbonyl (C=O) groups is 1. The molecule has 0 radical (unpaired) electrons. The molecule has 20 heavy (non-hydrogen) atoms. The molecule has 4 heteroatoms. The average molecular weight is 270 g/mol. The van der Waals surface area contributed by atoms with Gasteiger partial charge in [0.2, 0.25) is 0 Å². The minimum Gasteiger partial charge on any atom is -0.462 e. The molecule has 1 rings (SSSR count). The third kappa shape index (κ3) is 4.29. The zero-order valence-electron chi connectivity index (χ0n) is 12.0. The fraction of sp³-hybridized carbons (Fsp3) is 0.250. The van der Waals surface area contributed by atoms with Crippen LogP contribution in [0.3, 0.4) is 0 Å². The second kappa shape index (κ2) is 7.80. The van der Waals surface area contributed by atoms with Crippen molar-refractivity contribution in [2.24, 2.45) is 0 Å². The smallest absolute Gasteiger partial charge is 0.349 e. The maximum Gasteiger partial charge on any atom is 0.349 e. The lowest BCUT2D eigenvalue weighted by atomic mass is 10.0. The normalized spacial score (nSPS) is 11.7. The summed E-state index contributed by atoms with van der Waals surface area (Å²) in [5.74, 6) is -0.600. The van der Waals surface area contributed by atoms with Crippen molar-refractivity contribution >= 4 is 11.5 Å². The van der Waals surface area contributed by atoms with Gasteiger partial charge in [-0.2, -0.15) is 5.26 Å². The van der Waals surface area contributed by atoms with Gasteiger partial charge in [0.1, 0.15) is 11.6 Å². The topological polar surface area (TPSA) is 53.3 Å². The Morgan fingerprint density at radius 2 is 2.00 bits per heavy atom. The van der Waals surface area contributed by atoms with Gasteiger partial charge in [-0.3, -0.25) is 0 Å². The van der Waals surface area contributed by atoms with Crippen molar-refractivity contribution in [3.63, 3.8) is 0 Å². The van der Waals surface area contributed by atoms with Crippen molar-refractivity contribution in [2.75, 3.05) is 20.7 Å². The number of carbonyl (C=O) groups excluding carboxylic acids is 1. The van der Waals surface area contributed by atoms with Crippen LogP contribution in [-0.2, 0) is 9.53 Å². The molecule has 0 aliphatic rings. The second-order valence-corrected chi connectivity index (χ2v) is 4.27. The summed E-state index contributed by atoms with van der Waals surface area (Å²) < 4.78 is 4.94. The summed E-state index contributed by atoms with van der Waals surface area (Å²) >= 11 is 0. The Kier molecular flexibility index (Phi) is 6.05. The van der Waals surface area contributed by atoms with Gasteiger partial charge in [-0.05, 0) is 24.8 Å². The van der Waals surface area contributed by atoms with E-state index >= 15 is 0 Å². The van der Waals surface area contributed by atoms with Crippen molar-refractivity contribution < 1.29 is 9.53 Å². The van der Waals surface area contributed by atoms with Crippen molar-refractivity contribution in [3.05, 3.63) is 53.7 Å². The minimum absolute atomic E-state index is 0.0103. The van der Waals surface area contributed by atoms with E-state index in [9.17, 15) is 10.1 Å². The summed E-state index contributed by atoms with van der Waals surface area (Å²) in [5.41, 5.74) is 1.37. The van der Waals surface area contributed by atoms with E-state index in [1.807, 2.05) is 55.4 Å². The maximum atomic E-state index is 11.9. The molecule has 1 aromatic carbocycles. The lowest BCUT2D eigenvalue weighted by molar-refractivity contribution is -0.137. The number of benzene rings is 1. The summed E-state index contributed by atoms with van der Waals surface area (Å²) in [6.45, 7) is 1.95. The summed E-state index contributed by atoms with van der Waals surface area (Å²) in [6.07, 6.45) is 3.53. The molecule has 0 aliphatic heterocycles. The van der Waals surface area contributed by atoms with Crippen LogP contribution in [0, 0.1) is 11.3 Å². The van der Waals surface area contributed by atoms with Crippen LogP contribution in [0.15, 0.2) is 48.2 Å². The zero-order valence-corrected chi connectivity index (χ0v) is 12.0. The number of hydrogen-bond donors (Lipinski definition) is 0. The van der Waals surface area contributed by atoms with Gasteiger partial charge in [-0.1, -0.05) is 30.3 Å². The molecule has 0 saturated heterocycles. The standard InChI is InChI=1S/C16H18N2O2/c1-4-20-16(19)15(12-17)14(10-11-18(2)3)13-8-6-5-7-9-13/h5-11H,4H2,1-3H3/b11-10+,15-14+. The Bertz CT molecular complexity index is 552. The molecule has 0 aromatic heterocycles. The quantitative estimate of drug-likeness (QED) is 0.357. The van der Waals surface area contributed by atoms with Crippen molar-refractivity contribution in [1.29, 1.82) is 5.26 Å². The van der Waals surface area contributed by atoms with Gasteiger partial charge in [0.15, 0.2) is 0 Å². The number of allylic oxidation sites excluding steroid dienone is 2. The molecular formula is C16H18N2O2. The molecule has 0 unspecified atom stereocenters. The van der Waals surface area contributed by atoms with E-state index in [1.165, 1.54) is 0 Å². The van der Waals surface area contributed by atoms with E-state index < -0.39 is 5.97 Å². The summed E-state index contributed by atoms with van der Waals surface area (Å²) in [4.78, 5) is 13.7. The van der Waals surface area contributed by atoms with E-state index in [2.05, 4.69) is 0 Å². The first-order chi connectivity index (χ1) is 9.60. The molecular weight excluding hydrogens is 252 g/mol. The van der Waals surface area contributed by atoms with Gasteiger partial charge in [0, 0.05) is 19.7 Å². The Morgan fingerprint density at radius 3 is 2.50 bits per heavy atom. The Hall–Kier alpha value is -2.54. The van der Waals surface area contributed by atoms with E-state index in [1.54, 1.807) is 19.2 Å². The van der Waals surface area contributed by atoms with Gasteiger partial charge >= 0.3 is 5.97 Å². The van der Waals surface area contributed by atoms with Gasteiger partial charge in [-0.15, -0.1) is 0 Å². The second-order valence-electron chi connectivity index (χ2n) is 4.27. The maximum absolute atomic E-state index is 11.9. The average Bonchev–Trinajstić information content (AvgIpc) is 2.44. The molecule has 0 amide bonds. The van der Waals surface area contributed by atoms with Crippen LogP contribution >= 0.6 is 0 Å². The van der Waals surface area contributed by atoms with Crippen LogP contribution in [-0.4, -0.2) is 31.6 Å². The summed E-state index contributed by atoms with van der Waals surface area (Å²) in [7, 11) is 3.74. The van der Waals surface area contributed by atoms with Crippen molar-refractivity contribution in [1.82, 2.24) is 4.90 Å². The predicted octanol–water partition coefficient (Wildman–Crippen LogP) is 2.60. The van der Waals surface area contributed by atoms with Crippen LogP contribution in [0.25, 0.3) is 5.57 Å². The van der Waals surface area contributed by atoms with Crippen molar-refractivity contribution in [2.45, 2.75) is 6.92 Å². The Morgan fingerprint density at radius 1 is 1.35 bits per heavy atom. The van der Waals surface area contributed by atoms with Crippen LogP contribution in [0.4, 0.5) is 0 Å². The van der Waals surface area contributed by atoms with Crippen LogP contribution in [0.5, 0.6) is 0 Å². The molecule has 104 valence electrons. The first-order valence-corrected chi connectivity index (χ1v) is 6.31. The van der Waals surface area contributed by atoms with Gasteiger partial charge < -0.3 is 9.64 Å². The van der Waals surface area contributed by atoms with Crippen LogP contribution in [0.1, 0.15) is 12.5 Å². The largest absolute Gasteiger partial charge is 0.462 e. The lowest BCUT2D eigenvalue weighted by Crippen LogP contribution is -2.09. The first-order valence-electron chi connectivity index (χ1n) is 6.31. The van der Waals surface area contributed by atoms with E-state index in [-0.39, 0.29) is 12.2 Å². The fourth-order valence-electron chi connectivity index (χ4n) is 1.58. The van der Waals surface area contributed by atoms with Crippen LogP contribution < -0.4 is 0 Å². The molecule has 4 nitrogen and oxygen atoms in total. The number of esters is 1. The SMILES string of the molecule is CCOC(=O)/C(C#N)=C(\C=C\N(C)C)c1ccccc1. The van der Waals surface area contributed by atoms with Crippen LogP contribution in [0.2, 0.25) is 0 Å². The highest BCUT2D eigenvalue weighted by Gasteiger charge is 2.16. The first kappa shape index (κ1) is 15.5. The summed E-state index contributed by atoms with van der Waals surface area (Å²) in [5, 5.41) is 9.26. The summed E-state index contributed by atoms with van der Waals surface area (Å²) in [6, 6.07) is 11.3. The monoisotopic (exact) mass is 270 g/mol. The fourth-order valence-corrected chi connectivity index (χ4v) is 1.58. The third-order valence-corrected chi connectivity index (χ3v) is 2.48. The molecule has 1 aromatic rings. The van der Waals surface area contributed by atoms with Gasteiger partial charge in [-0.25, -0.2) is 4.79 Å². The van der Waals surface area contributed by atoms with E-state index in [0.717, 1.165) is 5.56 Å². The van der Waals surface area contributed by atoms with E-state index in [4.69, 9.17) is 4.74 Å². The molecule has 0 heterocycles. The number of nitrogens with zero attached hydrogens (tertiary/aromatic N) is 2. The predicted molar refractivity (Wildman–Crippen MR) is 78.4 cm³/mol. The van der Waals surface area contributed by atoms with Gasteiger partial charge in [0.25, 0.3) is 0 Å². The molecule has 0 saturated carbocycles. The highest BCUT2D eigenvalue weighted by atomic mass is 16.5. The molecule has 0 atom stereocenters. The Balaban J connectivity index is 3.35. The van der Waals surface area contributed by atoms with E-state index in [0.29, 0.717) is 5.57 Å². The lowest BCUT2D eigenvalue weighted by Gasteiger charge is -2.09. The number of hydrogen-bond acceptors (Lipinski definition) is 4. The molecule has 0 aliphatic carbocycles. The highest BCUT2D eigenvalue weighted by molar-refractivity contribution is 6.03. The molecule has 0 N–H and O–H groups in total. The number of rotatable bonds is 5. The number of ether oxygens (including phenoxy) is 1. The molecule has 0 bridgehead atoms. The third-order valence-electron chi connectivity index (χ3n) is 2.48. The Labute approximate surface area is 119 Å². The number of nitriles is 1. The minimum atomic E-state index is -0.600. The highest BCUT2D eigenvalue weighted by Crippen LogP contribution is 2.21. The molecule has 0 spiro atoms. The zero-order chi connectivity index (χ0) is 15.0.